The Morgan fingerprint density at radius 3 is 2.46 bits per heavy atom. The van der Waals surface area contributed by atoms with Crippen molar-refractivity contribution in [1.29, 1.82) is 0 Å². The number of para-hydroxylation sites is 3. The summed E-state index contributed by atoms with van der Waals surface area (Å²) in [5, 5.41) is 5.97. The van der Waals surface area contributed by atoms with Crippen LogP contribution >= 0.6 is 0 Å². The Hall–Kier alpha value is -3.61. The summed E-state index contributed by atoms with van der Waals surface area (Å²) >= 11 is 0. The number of nitrogens with one attached hydrogen (secondary N) is 2. The fourth-order valence-electron chi connectivity index (χ4n) is 2.61. The number of ether oxygens (including phenoxy) is 2. The molecule has 3 rings (SSSR count). The van der Waals surface area contributed by atoms with E-state index in [2.05, 4.69) is 20.6 Å². The normalized spacial score (nSPS) is 10.2. The van der Waals surface area contributed by atoms with Crippen LogP contribution in [0.25, 0.3) is 0 Å². The first-order valence-electron chi connectivity index (χ1n) is 8.92. The molecule has 0 bridgehead atoms. The minimum atomic E-state index is -0.351. The molecule has 3 aromatic rings. The summed E-state index contributed by atoms with van der Waals surface area (Å²) in [6.45, 7) is 2.94. The monoisotopic (exact) mass is 378 g/mol. The van der Waals surface area contributed by atoms with Gasteiger partial charge in [-0.2, -0.15) is 0 Å². The third-order valence-corrected chi connectivity index (χ3v) is 3.97. The molecule has 0 aliphatic carbocycles. The lowest BCUT2D eigenvalue weighted by Gasteiger charge is -2.11. The molecule has 0 unspecified atom stereocenters. The van der Waals surface area contributed by atoms with E-state index < -0.39 is 0 Å². The van der Waals surface area contributed by atoms with Crippen molar-refractivity contribution in [2.24, 2.45) is 0 Å². The van der Waals surface area contributed by atoms with Crippen LogP contribution in [0.4, 0.5) is 11.5 Å². The van der Waals surface area contributed by atoms with E-state index in [9.17, 15) is 4.79 Å². The van der Waals surface area contributed by atoms with E-state index in [0.29, 0.717) is 30.4 Å². The molecule has 0 aliphatic rings. The second-order valence-corrected chi connectivity index (χ2v) is 5.84. The number of hydrogen-bond acceptors (Lipinski definition) is 6. The number of carbonyl (C=O) groups excluding carboxylic acids is 1. The van der Waals surface area contributed by atoms with Gasteiger partial charge in [-0.15, -0.1) is 0 Å². The Labute approximate surface area is 163 Å². The summed E-state index contributed by atoms with van der Waals surface area (Å²) in [5.74, 6) is 1.63. The highest BCUT2D eigenvalue weighted by atomic mass is 16.5. The zero-order valence-electron chi connectivity index (χ0n) is 15.8. The molecule has 0 saturated carbocycles. The smallest absolute Gasteiger partial charge is 0.275 e. The first kappa shape index (κ1) is 19.2. The Morgan fingerprint density at radius 1 is 1.00 bits per heavy atom. The van der Waals surface area contributed by atoms with Gasteiger partial charge >= 0.3 is 0 Å². The Morgan fingerprint density at radius 2 is 1.75 bits per heavy atom. The molecule has 0 aliphatic heterocycles. The molecule has 2 aromatic carbocycles. The van der Waals surface area contributed by atoms with Crippen LogP contribution in [-0.2, 0) is 6.54 Å². The lowest BCUT2D eigenvalue weighted by atomic mass is 10.2. The quantitative estimate of drug-likeness (QED) is 0.621. The number of anilines is 2. The predicted molar refractivity (Wildman–Crippen MR) is 108 cm³/mol. The van der Waals surface area contributed by atoms with E-state index in [0.717, 1.165) is 11.3 Å². The molecule has 0 fully saturated rings. The van der Waals surface area contributed by atoms with Crippen LogP contribution < -0.4 is 20.1 Å². The summed E-state index contributed by atoms with van der Waals surface area (Å²) in [6.07, 6.45) is 2.96. The number of methoxy groups -OCH3 is 1. The van der Waals surface area contributed by atoms with E-state index in [1.165, 1.54) is 12.4 Å². The van der Waals surface area contributed by atoms with Crippen molar-refractivity contribution in [3.63, 3.8) is 0 Å². The molecular weight excluding hydrogens is 356 g/mol. The molecule has 7 heteroatoms. The van der Waals surface area contributed by atoms with Gasteiger partial charge in [0.2, 0.25) is 0 Å². The van der Waals surface area contributed by atoms with Crippen molar-refractivity contribution in [3.05, 3.63) is 72.2 Å². The fourth-order valence-corrected chi connectivity index (χ4v) is 2.61. The summed E-state index contributed by atoms with van der Waals surface area (Å²) < 4.78 is 10.8. The van der Waals surface area contributed by atoms with Gasteiger partial charge in [-0.25, -0.2) is 9.97 Å². The van der Waals surface area contributed by atoms with Crippen LogP contribution in [0.5, 0.6) is 11.5 Å². The summed E-state index contributed by atoms with van der Waals surface area (Å²) in [7, 11) is 1.63. The van der Waals surface area contributed by atoms with Crippen molar-refractivity contribution < 1.29 is 14.3 Å². The topological polar surface area (TPSA) is 85.4 Å². The molecule has 0 atom stereocenters. The lowest BCUT2D eigenvalue weighted by Crippen LogP contribution is -2.15. The zero-order chi connectivity index (χ0) is 19.8. The highest BCUT2D eigenvalue weighted by Crippen LogP contribution is 2.24. The first-order chi connectivity index (χ1) is 13.7. The van der Waals surface area contributed by atoms with Crippen molar-refractivity contribution in [2.75, 3.05) is 24.4 Å². The van der Waals surface area contributed by atoms with E-state index in [-0.39, 0.29) is 11.6 Å². The summed E-state index contributed by atoms with van der Waals surface area (Å²) in [5.41, 5.74) is 1.81. The van der Waals surface area contributed by atoms with Crippen LogP contribution in [0.3, 0.4) is 0 Å². The SMILES string of the molecule is CCOc1ccccc1NC(=O)c1cnc(NCc2ccccc2OC)cn1. The van der Waals surface area contributed by atoms with Crippen molar-refractivity contribution in [3.8, 4) is 11.5 Å². The second-order valence-electron chi connectivity index (χ2n) is 5.84. The molecule has 0 saturated heterocycles. The molecule has 144 valence electrons. The highest BCUT2D eigenvalue weighted by Gasteiger charge is 2.11. The minimum absolute atomic E-state index is 0.217. The molecule has 1 amide bonds. The van der Waals surface area contributed by atoms with Gasteiger partial charge in [-0.3, -0.25) is 4.79 Å². The minimum Gasteiger partial charge on any atom is -0.496 e. The average Bonchev–Trinajstić information content (AvgIpc) is 2.74. The summed E-state index contributed by atoms with van der Waals surface area (Å²) in [4.78, 5) is 20.9. The average molecular weight is 378 g/mol. The molecule has 2 N–H and O–H groups in total. The standard InChI is InChI=1S/C21H22N4O3/c1-3-28-19-11-7-5-9-16(19)25-21(26)17-13-24-20(14-22-17)23-12-15-8-4-6-10-18(15)27-2/h4-11,13-14H,3,12H2,1-2H3,(H,23,24)(H,25,26). The van der Waals surface area contributed by atoms with Crippen LogP contribution in [0.2, 0.25) is 0 Å². The highest BCUT2D eigenvalue weighted by molar-refractivity contribution is 6.03. The van der Waals surface area contributed by atoms with Gasteiger partial charge < -0.3 is 20.1 Å². The van der Waals surface area contributed by atoms with Gasteiger partial charge in [0.25, 0.3) is 5.91 Å². The van der Waals surface area contributed by atoms with Crippen LogP contribution in [0, 0.1) is 0 Å². The van der Waals surface area contributed by atoms with Gasteiger partial charge in [0.1, 0.15) is 23.0 Å². The number of rotatable bonds is 8. The maximum absolute atomic E-state index is 12.4. The molecular formula is C21H22N4O3. The number of nitrogens with zero attached hydrogens (tertiary/aromatic N) is 2. The van der Waals surface area contributed by atoms with E-state index in [4.69, 9.17) is 9.47 Å². The predicted octanol–water partition coefficient (Wildman–Crippen LogP) is 3.75. The van der Waals surface area contributed by atoms with Gasteiger partial charge in [-0.05, 0) is 25.1 Å². The van der Waals surface area contributed by atoms with Gasteiger partial charge in [0.05, 0.1) is 31.8 Å². The number of amides is 1. The number of aromatic nitrogens is 2. The summed E-state index contributed by atoms with van der Waals surface area (Å²) in [6, 6.07) is 15.0. The van der Waals surface area contributed by atoms with Crippen LogP contribution in [0.15, 0.2) is 60.9 Å². The number of benzene rings is 2. The zero-order valence-corrected chi connectivity index (χ0v) is 15.8. The van der Waals surface area contributed by atoms with Crippen LogP contribution in [-0.4, -0.2) is 29.6 Å². The van der Waals surface area contributed by atoms with Crippen molar-refractivity contribution in [1.82, 2.24) is 9.97 Å². The molecule has 0 radical (unpaired) electrons. The molecule has 28 heavy (non-hydrogen) atoms. The third kappa shape index (κ3) is 4.76. The van der Waals surface area contributed by atoms with E-state index >= 15 is 0 Å². The van der Waals surface area contributed by atoms with E-state index in [1.807, 2.05) is 43.3 Å². The van der Waals surface area contributed by atoms with Gasteiger partial charge in [0.15, 0.2) is 0 Å². The number of hydrogen-bond donors (Lipinski definition) is 2. The third-order valence-electron chi connectivity index (χ3n) is 3.97. The lowest BCUT2D eigenvalue weighted by molar-refractivity contribution is 0.102. The number of carbonyl (C=O) groups is 1. The van der Waals surface area contributed by atoms with Crippen molar-refractivity contribution >= 4 is 17.4 Å². The first-order valence-corrected chi connectivity index (χ1v) is 8.92. The van der Waals surface area contributed by atoms with Gasteiger partial charge in [0, 0.05) is 12.1 Å². The Balaban J connectivity index is 1.63. The molecule has 1 aromatic heterocycles. The molecule has 7 nitrogen and oxygen atoms in total. The second kappa shape index (κ2) is 9.36. The molecule has 0 spiro atoms. The molecule has 1 heterocycles. The largest absolute Gasteiger partial charge is 0.496 e. The fraction of sp³-hybridized carbons (Fsp3) is 0.190. The van der Waals surface area contributed by atoms with Gasteiger partial charge in [-0.1, -0.05) is 30.3 Å². The maximum Gasteiger partial charge on any atom is 0.275 e. The Kier molecular flexibility index (Phi) is 6.41. The Bertz CT molecular complexity index is 929. The van der Waals surface area contributed by atoms with Crippen molar-refractivity contribution in [2.45, 2.75) is 13.5 Å². The van der Waals surface area contributed by atoms with Crippen LogP contribution in [0.1, 0.15) is 23.0 Å². The van der Waals surface area contributed by atoms with E-state index in [1.54, 1.807) is 19.2 Å². The maximum atomic E-state index is 12.4.